The lowest BCUT2D eigenvalue weighted by atomic mass is 10.1. The molecule has 3 N–H and O–H groups in total. The first-order chi connectivity index (χ1) is 17.5. The minimum absolute atomic E-state index is 0.0689. The number of nitrogens with zero attached hydrogens (tertiary/aromatic N) is 4. The second-order valence-electron chi connectivity index (χ2n) is 8.97. The van der Waals surface area contributed by atoms with Crippen molar-refractivity contribution in [1.29, 1.82) is 0 Å². The number of thiophene rings is 1. The second kappa shape index (κ2) is 8.69. The van der Waals surface area contributed by atoms with Crippen LogP contribution in [-0.4, -0.2) is 42.0 Å². The molecule has 0 fully saturated rings. The fourth-order valence-corrected chi connectivity index (χ4v) is 5.25. The van der Waals surface area contributed by atoms with Gasteiger partial charge in [-0.25, -0.2) is 4.98 Å². The van der Waals surface area contributed by atoms with Gasteiger partial charge < -0.3 is 10.3 Å². The monoisotopic (exact) mass is 493 g/mol. The summed E-state index contributed by atoms with van der Waals surface area (Å²) >= 11 is 1.49. The van der Waals surface area contributed by atoms with Crippen LogP contribution in [0.2, 0.25) is 0 Å². The quantitative estimate of drug-likeness (QED) is 0.234. The molecule has 0 atom stereocenters. The lowest BCUT2D eigenvalue weighted by Crippen LogP contribution is -2.09. The van der Waals surface area contributed by atoms with Crippen molar-refractivity contribution in [3.05, 3.63) is 66.1 Å². The largest absolute Gasteiger partial charge is 0.382 e. The zero-order valence-electron chi connectivity index (χ0n) is 20.0. The highest BCUT2D eigenvalue weighted by atomic mass is 32.1. The van der Waals surface area contributed by atoms with Gasteiger partial charge in [-0.1, -0.05) is 0 Å². The van der Waals surface area contributed by atoms with E-state index in [0.29, 0.717) is 6.04 Å². The Balaban J connectivity index is 1.43. The third-order valence-electron chi connectivity index (χ3n) is 5.94. The van der Waals surface area contributed by atoms with E-state index >= 15 is 0 Å². The number of carbonyl (C=O) groups excluding carboxylic acids is 1. The van der Waals surface area contributed by atoms with Gasteiger partial charge >= 0.3 is 0 Å². The van der Waals surface area contributed by atoms with Crippen LogP contribution in [0.4, 0.5) is 5.69 Å². The summed E-state index contributed by atoms with van der Waals surface area (Å²) in [6.07, 6.45) is 7.20. The third kappa shape index (κ3) is 3.93. The average Bonchev–Trinajstić information content (AvgIpc) is 3.60. The Bertz CT molecular complexity index is 1740. The van der Waals surface area contributed by atoms with Crippen molar-refractivity contribution in [2.45, 2.75) is 26.8 Å². The number of H-pyrrole nitrogens is 2. The zero-order chi connectivity index (χ0) is 24.8. The number of Topliss-reactive ketones (excluding diaryl/α,β-unsaturated/α-hetero) is 1. The number of anilines is 1. The highest BCUT2D eigenvalue weighted by molar-refractivity contribution is 7.17. The maximum Gasteiger partial charge on any atom is 0.169 e. The van der Waals surface area contributed by atoms with Crippen molar-refractivity contribution in [2.24, 2.45) is 0 Å². The first-order valence-electron chi connectivity index (χ1n) is 11.6. The van der Waals surface area contributed by atoms with E-state index in [4.69, 9.17) is 0 Å². The number of hydrogen-bond acceptors (Lipinski definition) is 7. The molecule has 6 heterocycles. The predicted molar refractivity (Wildman–Crippen MR) is 144 cm³/mol. The summed E-state index contributed by atoms with van der Waals surface area (Å²) in [5, 5.41) is 13.0. The van der Waals surface area contributed by atoms with Crippen LogP contribution in [0.25, 0.3) is 55.0 Å². The van der Waals surface area contributed by atoms with Crippen molar-refractivity contribution in [3.63, 3.8) is 0 Å². The lowest BCUT2D eigenvalue weighted by Gasteiger charge is -2.10. The van der Waals surface area contributed by atoms with Gasteiger partial charge in [0, 0.05) is 51.4 Å². The zero-order valence-corrected chi connectivity index (χ0v) is 20.8. The Morgan fingerprint density at radius 2 is 1.92 bits per heavy atom. The third-order valence-corrected chi connectivity index (χ3v) is 7.16. The van der Waals surface area contributed by atoms with Crippen molar-refractivity contribution in [3.8, 4) is 33.1 Å². The maximum absolute atomic E-state index is 11.8. The summed E-state index contributed by atoms with van der Waals surface area (Å²) in [4.78, 5) is 30.5. The van der Waals surface area contributed by atoms with Gasteiger partial charge in [0.05, 0.1) is 33.7 Å². The van der Waals surface area contributed by atoms with Crippen LogP contribution in [0.5, 0.6) is 0 Å². The molecule has 0 saturated heterocycles. The summed E-state index contributed by atoms with van der Waals surface area (Å²) in [5.41, 5.74) is 6.97. The van der Waals surface area contributed by atoms with Crippen molar-refractivity contribution < 1.29 is 4.79 Å². The van der Waals surface area contributed by atoms with Gasteiger partial charge in [0.2, 0.25) is 0 Å². The van der Waals surface area contributed by atoms with Crippen LogP contribution in [-0.2, 0) is 0 Å². The standard InChI is InChI=1S/C27H23N7OS/c1-14(2)31-17-8-16(11-28-12-17)21-10-20-23(13-30-21)33-34-26(20)22-9-19-18(6-7-29-27(19)32-22)25-5-4-24(36-25)15(3)35/h4-14,31H,1-3H3,(H,29,32)(H,33,34). The molecule has 0 aromatic carbocycles. The fraction of sp³-hybridized carbons (Fsp3) is 0.148. The van der Waals surface area contributed by atoms with Crippen LogP contribution < -0.4 is 5.32 Å². The molecule has 0 bridgehead atoms. The molecule has 0 radical (unpaired) electrons. The molecule has 178 valence electrons. The summed E-state index contributed by atoms with van der Waals surface area (Å²) < 4.78 is 0. The number of nitrogens with one attached hydrogen (secondary N) is 3. The molecule has 0 spiro atoms. The van der Waals surface area contributed by atoms with Crippen LogP contribution in [0.1, 0.15) is 30.4 Å². The molecular formula is C27H23N7OS. The second-order valence-corrected chi connectivity index (χ2v) is 10.1. The molecule has 8 nitrogen and oxygen atoms in total. The van der Waals surface area contributed by atoms with Gasteiger partial charge in [-0.2, -0.15) is 5.10 Å². The van der Waals surface area contributed by atoms with E-state index in [2.05, 4.69) is 61.4 Å². The first-order valence-corrected chi connectivity index (χ1v) is 12.4. The predicted octanol–water partition coefficient (Wildman–Crippen LogP) is 6.31. The van der Waals surface area contributed by atoms with E-state index in [1.54, 1.807) is 19.3 Å². The minimum atomic E-state index is 0.0689. The van der Waals surface area contributed by atoms with Gasteiger partial charge in [0.25, 0.3) is 0 Å². The SMILES string of the molecule is CC(=O)c1ccc(-c2ccnc3[nH]c(-c4n[nH]c5cnc(-c6cncc(NC(C)C)c6)cc45)cc23)s1. The van der Waals surface area contributed by atoms with Crippen LogP contribution >= 0.6 is 11.3 Å². The highest BCUT2D eigenvalue weighted by Gasteiger charge is 2.16. The fourth-order valence-electron chi connectivity index (χ4n) is 4.31. The molecule has 0 saturated carbocycles. The molecule has 0 aliphatic rings. The minimum Gasteiger partial charge on any atom is -0.382 e. The molecule has 9 heteroatoms. The van der Waals surface area contributed by atoms with Crippen molar-refractivity contribution in [1.82, 2.24) is 30.1 Å². The molecule has 0 amide bonds. The van der Waals surface area contributed by atoms with Crippen molar-refractivity contribution in [2.75, 3.05) is 5.32 Å². The Morgan fingerprint density at radius 1 is 1.03 bits per heavy atom. The van der Waals surface area contributed by atoms with Crippen LogP contribution in [0.15, 0.2) is 61.2 Å². The number of aromatic amines is 2. The Hall–Kier alpha value is -4.37. The number of hydrogen-bond donors (Lipinski definition) is 3. The Morgan fingerprint density at radius 3 is 2.72 bits per heavy atom. The molecule has 6 rings (SSSR count). The number of rotatable bonds is 6. The van der Waals surface area contributed by atoms with Gasteiger partial charge in [0.1, 0.15) is 11.3 Å². The molecule has 36 heavy (non-hydrogen) atoms. The van der Waals surface area contributed by atoms with E-state index in [-0.39, 0.29) is 5.78 Å². The summed E-state index contributed by atoms with van der Waals surface area (Å²) in [6, 6.07) is 12.3. The van der Waals surface area contributed by atoms with Crippen LogP contribution in [0.3, 0.4) is 0 Å². The van der Waals surface area contributed by atoms with Gasteiger partial charge in [0.15, 0.2) is 5.78 Å². The smallest absolute Gasteiger partial charge is 0.169 e. The van der Waals surface area contributed by atoms with Crippen molar-refractivity contribution >= 4 is 44.7 Å². The normalized spacial score (nSPS) is 11.6. The molecule has 0 unspecified atom stereocenters. The average molecular weight is 494 g/mol. The number of ketones is 1. The van der Waals surface area contributed by atoms with E-state index in [0.717, 1.165) is 65.6 Å². The Kier molecular flexibility index (Phi) is 5.34. The van der Waals surface area contributed by atoms with Gasteiger partial charge in [-0.3, -0.25) is 19.9 Å². The number of fused-ring (bicyclic) bond motifs is 2. The Labute approximate surface area is 210 Å². The maximum atomic E-state index is 11.8. The topological polar surface area (TPSA) is 112 Å². The lowest BCUT2D eigenvalue weighted by molar-refractivity contribution is 0.102. The molecular weight excluding hydrogens is 470 g/mol. The van der Waals surface area contributed by atoms with E-state index in [1.807, 2.05) is 36.7 Å². The number of pyridine rings is 3. The first kappa shape index (κ1) is 22.1. The number of carbonyl (C=O) groups is 1. The van der Waals surface area contributed by atoms with Crippen LogP contribution in [0, 0.1) is 0 Å². The van der Waals surface area contributed by atoms with Gasteiger partial charge in [-0.15, -0.1) is 11.3 Å². The summed E-state index contributed by atoms with van der Waals surface area (Å²) in [5.74, 6) is 0.0689. The van der Waals surface area contributed by atoms with E-state index in [1.165, 1.54) is 11.3 Å². The van der Waals surface area contributed by atoms with E-state index in [9.17, 15) is 4.79 Å². The summed E-state index contributed by atoms with van der Waals surface area (Å²) in [7, 11) is 0. The van der Waals surface area contributed by atoms with Gasteiger partial charge in [-0.05, 0) is 57.2 Å². The molecule has 0 aliphatic heterocycles. The molecule has 6 aromatic rings. The highest BCUT2D eigenvalue weighted by Crippen LogP contribution is 2.36. The molecule has 6 aromatic heterocycles. The van der Waals surface area contributed by atoms with E-state index < -0.39 is 0 Å². The summed E-state index contributed by atoms with van der Waals surface area (Å²) in [6.45, 7) is 5.77. The molecule has 0 aliphatic carbocycles. The number of aromatic nitrogens is 6.